The monoisotopic (exact) mass is 331 g/mol. The number of rotatable bonds is 4. The SMILES string of the molecule is NCC1CCNCC1OC(=O)Nc1ccccc1-c1cccs1. The van der Waals surface area contributed by atoms with Gasteiger partial charge in [0.1, 0.15) is 6.10 Å². The Balaban J connectivity index is 1.69. The lowest BCUT2D eigenvalue weighted by Gasteiger charge is -2.30. The van der Waals surface area contributed by atoms with Gasteiger partial charge in [-0.3, -0.25) is 5.32 Å². The van der Waals surface area contributed by atoms with Crippen LogP contribution in [0.1, 0.15) is 6.42 Å². The molecule has 1 aromatic heterocycles. The summed E-state index contributed by atoms with van der Waals surface area (Å²) >= 11 is 1.64. The lowest BCUT2D eigenvalue weighted by Crippen LogP contribution is -2.46. The first-order chi connectivity index (χ1) is 11.3. The van der Waals surface area contributed by atoms with Gasteiger partial charge in [-0.2, -0.15) is 0 Å². The summed E-state index contributed by atoms with van der Waals surface area (Å²) in [6.45, 7) is 2.11. The smallest absolute Gasteiger partial charge is 0.411 e. The van der Waals surface area contributed by atoms with Crippen LogP contribution < -0.4 is 16.4 Å². The second-order valence-electron chi connectivity index (χ2n) is 5.58. The van der Waals surface area contributed by atoms with Crippen molar-refractivity contribution in [3.8, 4) is 10.4 Å². The normalized spacial score (nSPS) is 20.9. The van der Waals surface area contributed by atoms with Gasteiger partial charge in [-0.25, -0.2) is 4.79 Å². The Kier molecular flexibility index (Phi) is 5.27. The van der Waals surface area contributed by atoms with Crippen molar-refractivity contribution in [2.24, 2.45) is 11.7 Å². The first-order valence-corrected chi connectivity index (χ1v) is 8.67. The van der Waals surface area contributed by atoms with E-state index in [1.54, 1.807) is 11.3 Å². The van der Waals surface area contributed by atoms with Gasteiger partial charge in [-0.05, 0) is 37.0 Å². The van der Waals surface area contributed by atoms with Crippen LogP contribution in [0.2, 0.25) is 0 Å². The lowest BCUT2D eigenvalue weighted by molar-refractivity contribution is 0.0579. The molecular formula is C17H21N3O2S. The number of anilines is 1. The molecule has 0 aliphatic carbocycles. The fourth-order valence-corrected chi connectivity index (χ4v) is 3.57. The van der Waals surface area contributed by atoms with E-state index in [9.17, 15) is 4.79 Å². The predicted octanol–water partition coefficient (Wildman–Crippen LogP) is 2.90. The molecule has 1 aliphatic rings. The van der Waals surface area contributed by atoms with Crippen LogP contribution in [-0.4, -0.2) is 31.8 Å². The number of nitrogens with one attached hydrogen (secondary N) is 2. The minimum Gasteiger partial charge on any atom is -0.444 e. The van der Waals surface area contributed by atoms with E-state index in [-0.39, 0.29) is 12.0 Å². The number of benzene rings is 1. The first kappa shape index (κ1) is 16.0. The van der Waals surface area contributed by atoms with E-state index in [1.165, 1.54) is 0 Å². The molecule has 2 unspecified atom stereocenters. The van der Waals surface area contributed by atoms with Crippen LogP contribution in [0.15, 0.2) is 41.8 Å². The van der Waals surface area contributed by atoms with Gasteiger partial charge in [-0.1, -0.05) is 24.3 Å². The maximum atomic E-state index is 12.3. The summed E-state index contributed by atoms with van der Waals surface area (Å²) in [6.07, 6.45) is 0.323. The average molecular weight is 331 g/mol. The van der Waals surface area contributed by atoms with Crippen molar-refractivity contribution in [1.82, 2.24) is 5.32 Å². The zero-order valence-electron chi connectivity index (χ0n) is 12.8. The summed E-state index contributed by atoms with van der Waals surface area (Å²) < 4.78 is 5.58. The third kappa shape index (κ3) is 3.90. The summed E-state index contributed by atoms with van der Waals surface area (Å²) in [7, 11) is 0. The standard InChI is InChI=1S/C17H21N3O2S/c18-10-12-7-8-19-11-15(12)22-17(21)20-14-5-2-1-4-13(14)16-6-3-9-23-16/h1-6,9,12,15,19H,7-8,10-11,18H2,(H,20,21). The summed E-state index contributed by atoms with van der Waals surface area (Å²) in [5.74, 6) is 0.217. The minimum atomic E-state index is -0.429. The molecule has 1 aliphatic heterocycles. The molecule has 0 spiro atoms. The fraction of sp³-hybridized carbons (Fsp3) is 0.353. The van der Waals surface area contributed by atoms with E-state index >= 15 is 0 Å². The van der Waals surface area contributed by atoms with Crippen LogP contribution in [-0.2, 0) is 4.74 Å². The van der Waals surface area contributed by atoms with Gasteiger partial charge in [0.2, 0.25) is 0 Å². The molecule has 2 heterocycles. The largest absolute Gasteiger partial charge is 0.444 e. The molecule has 6 heteroatoms. The number of para-hydroxylation sites is 1. The molecule has 1 amide bonds. The Morgan fingerprint density at radius 1 is 1.35 bits per heavy atom. The van der Waals surface area contributed by atoms with Gasteiger partial charge < -0.3 is 15.8 Å². The lowest BCUT2D eigenvalue weighted by atomic mass is 9.95. The Hall–Kier alpha value is -1.89. The fourth-order valence-electron chi connectivity index (χ4n) is 2.81. The van der Waals surface area contributed by atoms with E-state index in [1.807, 2.05) is 41.8 Å². The molecular weight excluding hydrogens is 310 g/mol. The molecule has 0 bridgehead atoms. The number of nitrogens with two attached hydrogens (primary N) is 1. The number of carbonyl (C=O) groups excluding carboxylic acids is 1. The second-order valence-corrected chi connectivity index (χ2v) is 6.53. The van der Waals surface area contributed by atoms with Gasteiger partial charge >= 0.3 is 6.09 Å². The first-order valence-electron chi connectivity index (χ1n) is 7.79. The third-order valence-corrected chi connectivity index (χ3v) is 4.98. The van der Waals surface area contributed by atoms with E-state index in [4.69, 9.17) is 10.5 Å². The summed E-state index contributed by atoms with van der Waals surface area (Å²) in [5.41, 5.74) is 7.53. The highest BCUT2D eigenvalue weighted by molar-refractivity contribution is 7.13. The van der Waals surface area contributed by atoms with Crippen molar-refractivity contribution >= 4 is 23.1 Å². The van der Waals surface area contributed by atoms with Crippen LogP contribution in [0.25, 0.3) is 10.4 Å². The topological polar surface area (TPSA) is 76.4 Å². The van der Waals surface area contributed by atoms with Crippen LogP contribution in [0.3, 0.4) is 0 Å². The maximum absolute atomic E-state index is 12.3. The van der Waals surface area contributed by atoms with Crippen LogP contribution >= 0.6 is 11.3 Å². The van der Waals surface area contributed by atoms with Crippen LogP contribution in [0, 0.1) is 5.92 Å². The highest BCUT2D eigenvalue weighted by Gasteiger charge is 2.27. The van der Waals surface area contributed by atoms with Crippen molar-refractivity contribution in [2.45, 2.75) is 12.5 Å². The third-order valence-electron chi connectivity index (χ3n) is 4.07. The number of ether oxygens (including phenoxy) is 1. The average Bonchev–Trinajstić information content (AvgIpc) is 3.10. The molecule has 5 nitrogen and oxygen atoms in total. The van der Waals surface area contributed by atoms with Gasteiger partial charge in [0.25, 0.3) is 0 Å². The Labute approximate surface area is 139 Å². The number of piperidine rings is 1. The van der Waals surface area contributed by atoms with Crippen molar-refractivity contribution in [3.05, 3.63) is 41.8 Å². The Morgan fingerprint density at radius 2 is 2.22 bits per heavy atom. The summed E-state index contributed by atoms with van der Waals surface area (Å²) in [5, 5.41) is 8.13. The van der Waals surface area contributed by atoms with E-state index in [2.05, 4.69) is 10.6 Å². The number of thiophene rings is 1. The molecule has 23 heavy (non-hydrogen) atoms. The number of carbonyl (C=O) groups is 1. The van der Waals surface area contributed by atoms with Crippen molar-refractivity contribution < 1.29 is 9.53 Å². The highest BCUT2D eigenvalue weighted by atomic mass is 32.1. The molecule has 2 atom stereocenters. The number of hydrogen-bond acceptors (Lipinski definition) is 5. The maximum Gasteiger partial charge on any atom is 0.411 e. The summed E-state index contributed by atoms with van der Waals surface area (Å²) in [6, 6.07) is 11.8. The minimum absolute atomic E-state index is 0.178. The Morgan fingerprint density at radius 3 is 3.00 bits per heavy atom. The van der Waals surface area contributed by atoms with E-state index in [0.29, 0.717) is 13.1 Å². The van der Waals surface area contributed by atoms with E-state index < -0.39 is 6.09 Å². The van der Waals surface area contributed by atoms with Crippen molar-refractivity contribution in [1.29, 1.82) is 0 Å². The molecule has 4 N–H and O–H groups in total. The quantitative estimate of drug-likeness (QED) is 0.805. The van der Waals surface area contributed by atoms with Gasteiger partial charge in [0.05, 0.1) is 5.69 Å². The molecule has 2 aromatic rings. The van der Waals surface area contributed by atoms with Gasteiger partial charge in [0.15, 0.2) is 0 Å². The summed E-state index contributed by atoms with van der Waals surface area (Å²) in [4.78, 5) is 13.4. The van der Waals surface area contributed by atoms with Crippen LogP contribution in [0.4, 0.5) is 10.5 Å². The van der Waals surface area contributed by atoms with Crippen LogP contribution in [0.5, 0.6) is 0 Å². The zero-order chi connectivity index (χ0) is 16.1. The molecule has 0 radical (unpaired) electrons. The molecule has 1 aromatic carbocycles. The van der Waals surface area contributed by atoms with E-state index in [0.717, 1.165) is 29.1 Å². The number of hydrogen-bond donors (Lipinski definition) is 3. The molecule has 1 saturated heterocycles. The number of amides is 1. The zero-order valence-corrected chi connectivity index (χ0v) is 13.6. The molecule has 3 rings (SSSR count). The second kappa shape index (κ2) is 7.59. The Bertz CT molecular complexity index is 645. The van der Waals surface area contributed by atoms with Gasteiger partial charge in [0, 0.05) is 22.9 Å². The molecule has 122 valence electrons. The van der Waals surface area contributed by atoms with Crippen molar-refractivity contribution in [3.63, 3.8) is 0 Å². The van der Waals surface area contributed by atoms with Gasteiger partial charge in [-0.15, -0.1) is 11.3 Å². The predicted molar refractivity (Wildman–Crippen MR) is 93.7 cm³/mol. The van der Waals surface area contributed by atoms with Crippen molar-refractivity contribution in [2.75, 3.05) is 25.0 Å². The highest BCUT2D eigenvalue weighted by Crippen LogP contribution is 2.31. The molecule has 1 fully saturated rings. The molecule has 0 saturated carbocycles.